The lowest BCUT2D eigenvalue weighted by Gasteiger charge is -2.36. The fourth-order valence-electron chi connectivity index (χ4n) is 2.24. The third-order valence-corrected chi connectivity index (χ3v) is 3.60. The molecule has 0 radical (unpaired) electrons. The van der Waals surface area contributed by atoms with Gasteiger partial charge in [0.2, 0.25) is 0 Å². The molecule has 1 aromatic heterocycles. The first kappa shape index (κ1) is 12.7. The summed E-state index contributed by atoms with van der Waals surface area (Å²) in [5.74, 6) is -0.686. The van der Waals surface area contributed by atoms with Crippen LogP contribution in [-0.2, 0) is 0 Å². The number of nitrogens with zero attached hydrogens (tertiary/aromatic N) is 2. The van der Waals surface area contributed by atoms with Crippen LogP contribution in [-0.4, -0.2) is 39.0 Å². The van der Waals surface area contributed by atoms with E-state index in [1.165, 1.54) is 11.1 Å². The maximum Gasteiger partial charge on any atom is 0.280 e. The number of hydrogen-bond donors (Lipinski definition) is 1. The van der Waals surface area contributed by atoms with Crippen LogP contribution in [0.3, 0.4) is 0 Å². The number of amides is 2. The second-order valence-electron chi connectivity index (χ2n) is 4.67. The maximum absolute atomic E-state index is 12.3. The van der Waals surface area contributed by atoms with Crippen LogP contribution < -0.4 is 0 Å². The van der Waals surface area contributed by atoms with Crippen LogP contribution in [0.4, 0.5) is 0 Å². The number of aliphatic hydroxyl groups is 1. The lowest BCUT2D eigenvalue weighted by atomic mass is 9.92. The summed E-state index contributed by atoms with van der Waals surface area (Å²) in [6.45, 7) is 3.64. The van der Waals surface area contributed by atoms with E-state index in [0.29, 0.717) is 18.4 Å². The highest BCUT2D eigenvalue weighted by Gasteiger charge is 2.45. The number of carbonyl (C=O) groups excluding carboxylic acids is 2. The van der Waals surface area contributed by atoms with E-state index in [1.54, 1.807) is 12.1 Å². The molecule has 0 saturated heterocycles. The lowest BCUT2D eigenvalue weighted by molar-refractivity contribution is 0.0389. The Morgan fingerprint density at radius 1 is 1.39 bits per heavy atom. The summed E-state index contributed by atoms with van der Waals surface area (Å²) in [6, 6.07) is 3.25. The quantitative estimate of drug-likeness (QED) is 0.813. The molecule has 1 aromatic rings. The number of aromatic nitrogens is 1. The van der Waals surface area contributed by atoms with Crippen molar-refractivity contribution in [3.8, 4) is 0 Å². The molecule has 0 spiro atoms. The molecule has 0 aromatic carbocycles. The number of aliphatic hydroxyl groups excluding tert-OH is 1. The molecule has 1 aliphatic heterocycles. The standard InChI is InChI=1S/C13H16N2O3/c1-3-13(2,6-8-16)15-11(17)9-5-4-7-14-10(9)12(15)18/h4-5,7,16H,3,6,8H2,1-2H3. The molecular formula is C13H16N2O3. The fraction of sp³-hybridized carbons (Fsp3) is 0.462. The highest BCUT2D eigenvalue weighted by atomic mass is 16.3. The van der Waals surface area contributed by atoms with Gasteiger partial charge in [-0.15, -0.1) is 0 Å². The van der Waals surface area contributed by atoms with Crippen molar-refractivity contribution in [3.05, 3.63) is 29.6 Å². The van der Waals surface area contributed by atoms with Crippen molar-refractivity contribution in [3.63, 3.8) is 0 Å². The first-order valence-corrected chi connectivity index (χ1v) is 6.00. The van der Waals surface area contributed by atoms with Crippen molar-refractivity contribution < 1.29 is 14.7 Å². The minimum atomic E-state index is -0.663. The van der Waals surface area contributed by atoms with E-state index in [0.717, 1.165) is 0 Å². The normalized spacial score (nSPS) is 17.8. The Labute approximate surface area is 105 Å². The van der Waals surface area contributed by atoms with E-state index in [2.05, 4.69) is 4.98 Å². The van der Waals surface area contributed by atoms with E-state index in [-0.39, 0.29) is 24.1 Å². The number of fused-ring (bicyclic) bond motifs is 1. The predicted octanol–water partition coefficient (Wildman–Crippen LogP) is 1.23. The Hall–Kier alpha value is -1.75. The van der Waals surface area contributed by atoms with Crippen LogP contribution in [0.15, 0.2) is 18.3 Å². The topological polar surface area (TPSA) is 70.5 Å². The van der Waals surface area contributed by atoms with Crippen molar-refractivity contribution in [2.24, 2.45) is 0 Å². The highest BCUT2D eigenvalue weighted by Crippen LogP contribution is 2.32. The molecule has 2 heterocycles. The van der Waals surface area contributed by atoms with Gasteiger partial charge in [-0.05, 0) is 31.9 Å². The molecule has 5 heteroatoms. The highest BCUT2D eigenvalue weighted by molar-refractivity contribution is 6.20. The van der Waals surface area contributed by atoms with Crippen LogP contribution in [0.2, 0.25) is 0 Å². The zero-order chi connectivity index (χ0) is 13.3. The zero-order valence-corrected chi connectivity index (χ0v) is 10.5. The SMILES string of the molecule is CCC(C)(CCO)N1C(=O)c2cccnc2C1=O. The average Bonchev–Trinajstić information content (AvgIpc) is 2.63. The Bertz CT molecular complexity index is 466. The smallest absolute Gasteiger partial charge is 0.280 e. The van der Waals surface area contributed by atoms with Gasteiger partial charge in [0.25, 0.3) is 11.8 Å². The number of rotatable bonds is 4. The van der Waals surface area contributed by atoms with E-state index in [1.807, 2.05) is 13.8 Å². The van der Waals surface area contributed by atoms with Gasteiger partial charge in [-0.3, -0.25) is 19.5 Å². The van der Waals surface area contributed by atoms with Gasteiger partial charge < -0.3 is 5.11 Å². The Kier molecular flexibility index (Phi) is 3.17. The van der Waals surface area contributed by atoms with Gasteiger partial charge in [0.1, 0.15) is 5.69 Å². The molecule has 2 amide bonds. The van der Waals surface area contributed by atoms with Crippen molar-refractivity contribution in [1.29, 1.82) is 0 Å². The van der Waals surface area contributed by atoms with Crippen LogP contribution >= 0.6 is 0 Å². The predicted molar refractivity (Wildman–Crippen MR) is 65.1 cm³/mol. The average molecular weight is 248 g/mol. The molecule has 0 saturated carbocycles. The molecule has 0 aliphatic carbocycles. The molecule has 96 valence electrons. The molecular weight excluding hydrogens is 232 g/mol. The lowest BCUT2D eigenvalue weighted by Crippen LogP contribution is -2.49. The number of imide groups is 1. The molecule has 2 rings (SSSR count). The second kappa shape index (κ2) is 4.49. The van der Waals surface area contributed by atoms with Gasteiger partial charge in [0, 0.05) is 12.8 Å². The van der Waals surface area contributed by atoms with Gasteiger partial charge in [-0.1, -0.05) is 6.92 Å². The summed E-state index contributed by atoms with van der Waals surface area (Å²) in [5, 5.41) is 9.12. The zero-order valence-electron chi connectivity index (χ0n) is 10.5. The molecule has 1 aliphatic rings. The number of carbonyl (C=O) groups is 2. The molecule has 0 fully saturated rings. The van der Waals surface area contributed by atoms with Gasteiger partial charge in [0.15, 0.2) is 0 Å². The number of pyridine rings is 1. The molecule has 1 N–H and O–H groups in total. The minimum absolute atomic E-state index is 0.0643. The first-order chi connectivity index (χ1) is 8.55. The van der Waals surface area contributed by atoms with Gasteiger partial charge in [0.05, 0.1) is 11.1 Å². The van der Waals surface area contributed by atoms with Crippen LogP contribution in [0.5, 0.6) is 0 Å². The second-order valence-corrected chi connectivity index (χ2v) is 4.67. The monoisotopic (exact) mass is 248 g/mol. The summed E-state index contributed by atoms with van der Waals surface area (Å²) in [7, 11) is 0. The van der Waals surface area contributed by atoms with E-state index < -0.39 is 5.54 Å². The van der Waals surface area contributed by atoms with E-state index >= 15 is 0 Å². The molecule has 1 unspecified atom stereocenters. The van der Waals surface area contributed by atoms with Crippen LogP contribution in [0.1, 0.15) is 47.5 Å². The molecule has 1 atom stereocenters. The summed E-state index contributed by atoms with van der Waals surface area (Å²) in [4.78, 5) is 29.7. The maximum atomic E-state index is 12.3. The molecule has 5 nitrogen and oxygen atoms in total. The van der Waals surface area contributed by atoms with E-state index in [4.69, 9.17) is 5.11 Å². The van der Waals surface area contributed by atoms with Gasteiger partial charge in [-0.25, -0.2) is 0 Å². The Morgan fingerprint density at radius 2 is 2.11 bits per heavy atom. The van der Waals surface area contributed by atoms with Crippen LogP contribution in [0.25, 0.3) is 0 Å². The third-order valence-electron chi connectivity index (χ3n) is 3.60. The summed E-state index contributed by atoms with van der Waals surface area (Å²) in [5.41, 5.74) is -0.107. The van der Waals surface area contributed by atoms with Crippen molar-refractivity contribution in [2.75, 3.05) is 6.61 Å². The van der Waals surface area contributed by atoms with E-state index in [9.17, 15) is 9.59 Å². The summed E-state index contributed by atoms with van der Waals surface area (Å²) >= 11 is 0. The molecule has 18 heavy (non-hydrogen) atoms. The van der Waals surface area contributed by atoms with Gasteiger partial charge in [-0.2, -0.15) is 0 Å². The Morgan fingerprint density at radius 3 is 2.67 bits per heavy atom. The molecule has 0 bridgehead atoms. The van der Waals surface area contributed by atoms with Crippen molar-refractivity contribution in [2.45, 2.75) is 32.2 Å². The minimum Gasteiger partial charge on any atom is -0.396 e. The summed E-state index contributed by atoms with van der Waals surface area (Å²) < 4.78 is 0. The number of hydrogen-bond acceptors (Lipinski definition) is 4. The third kappa shape index (κ3) is 1.71. The van der Waals surface area contributed by atoms with Crippen LogP contribution in [0, 0.1) is 0 Å². The largest absolute Gasteiger partial charge is 0.396 e. The fourth-order valence-corrected chi connectivity index (χ4v) is 2.24. The van der Waals surface area contributed by atoms with Gasteiger partial charge >= 0.3 is 0 Å². The first-order valence-electron chi connectivity index (χ1n) is 6.00. The van der Waals surface area contributed by atoms with Crippen molar-refractivity contribution >= 4 is 11.8 Å². The van der Waals surface area contributed by atoms with Crippen molar-refractivity contribution in [1.82, 2.24) is 9.88 Å². The summed E-state index contributed by atoms with van der Waals surface area (Å²) in [6.07, 6.45) is 2.47. The Balaban J connectivity index is 2.44.